The van der Waals surface area contributed by atoms with Crippen molar-refractivity contribution in [3.05, 3.63) is 70.4 Å². The van der Waals surface area contributed by atoms with E-state index in [1.54, 1.807) is 18.2 Å². The number of ether oxygens (including phenoxy) is 2. The van der Waals surface area contributed by atoms with Crippen LogP contribution in [-0.2, 0) is 0 Å². The summed E-state index contributed by atoms with van der Waals surface area (Å²) in [4.78, 5) is 25.2. The van der Waals surface area contributed by atoms with E-state index in [0.29, 0.717) is 21.9 Å². The van der Waals surface area contributed by atoms with Crippen LogP contribution in [0.15, 0.2) is 60.0 Å². The molecule has 2 amide bonds. The Morgan fingerprint density at radius 1 is 0.885 bits per heavy atom. The number of thiophene rings is 1. The van der Waals surface area contributed by atoms with Gasteiger partial charge >= 0.3 is 0 Å². The number of hydrogen-bond donors (Lipinski definition) is 2. The highest BCUT2D eigenvalue weighted by Gasteiger charge is 2.18. The van der Waals surface area contributed by atoms with Gasteiger partial charge in [-0.25, -0.2) is 0 Å². The Bertz CT molecular complexity index is 969. The molecule has 0 saturated carbocycles. The lowest BCUT2D eigenvalue weighted by Gasteiger charge is -2.08. The topological polar surface area (TPSA) is 76.7 Å². The van der Waals surface area contributed by atoms with Crippen molar-refractivity contribution in [2.45, 2.75) is 0 Å². The van der Waals surface area contributed by atoms with E-state index in [4.69, 9.17) is 9.47 Å². The average Bonchev–Trinajstić information content (AvgIpc) is 3.35. The summed E-state index contributed by atoms with van der Waals surface area (Å²) in [6, 6.07) is 16.3. The van der Waals surface area contributed by atoms with Crippen molar-refractivity contribution in [2.75, 3.05) is 6.79 Å². The molecule has 3 aromatic rings. The predicted molar refractivity (Wildman–Crippen MR) is 97.3 cm³/mol. The second-order valence-electron chi connectivity index (χ2n) is 5.51. The van der Waals surface area contributed by atoms with Gasteiger partial charge < -0.3 is 9.47 Å². The summed E-state index contributed by atoms with van der Waals surface area (Å²) in [6.45, 7) is 0.137. The molecule has 4 rings (SSSR count). The van der Waals surface area contributed by atoms with Crippen molar-refractivity contribution in [2.24, 2.45) is 0 Å². The standard InChI is InChI=1S/C19H14N2O4S/c22-18(13-6-7-15-16(10-13)25-11-24-15)20-21-19(23)17-14(8-9-26-17)12-4-2-1-3-5-12/h1-10H,11H2,(H,20,22)(H,21,23). The molecule has 7 heteroatoms. The molecule has 0 bridgehead atoms. The van der Waals surface area contributed by atoms with E-state index in [-0.39, 0.29) is 12.7 Å². The first-order valence-electron chi connectivity index (χ1n) is 7.85. The van der Waals surface area contributed by atoms with E-state index in [0.717, 1.165) is 11.1 Å². The molecule has 0 atom stereocenters. The summed E-state index contributed by atoms with van der Waals surface area (Å²) in [5, 5.41) is 1.84. The highest BCUT2D eigenvalue weighted by molar-refractivity contribution is 7.12. The molecule has 2 N–H and O–H groups in total. The Labute approximate surface area is 153 Å². The number of rotatable bonds is 3. The lowest BCUT2D eigenvalue weighted by Crippen LogP contribution is -2.41. The van der Waals surface area contributed by atoms with Gasteiger partial charge in [-0.15, -0.1) is 11.3 Å². The fourth-order valence-corrected chi connectivity index (χ4v) is 3.42. The van der Waals surface area contributed by atoms with E-state index in [9.17, 15) is 9.59 Å². The van der Waals surface area contributed by atoms with Crippen LogP contribution in [0, 0.1) is 0 Å². The number of nitrogens with one attached hydrogen (secondary N) is 2. The smallest absolute Gasteiger partial charge is 0.280 e. The van der Waals surface area contributed by atoms with Crippen LogP contribution in [0.25, 0.3) is 11.1 Å². The Balaban J connectivity index is 1.45. The summed E-state index contributed by atoms with van der Waals surface area (Å²) in [5.74, 6) is 0.299. The number of hydrogen-bond acceptors (Lipinski definition) is 5. The highest BCUT2D eigenvalue weighted by Crippen LogP contribution is 2.32. The lowest BCUT2D eigenvalue weighted by atomic mass is 10.1. The molecular weight excluding hydrogens is 352 g/mol. The minimum absolute atomic E-state index is 0.137. The normalized spacial score (nSPS) is 11.8. The van der Waals surface area contributed by atoms with Crippen LogP contribution in [0.1, 0.15) is 20.0 Å². The van der Waals surface area contributed by atoms with Gasteiger partial charge in [0.1, 0.15) is 4.88 Å². The van der Waals surface area contributed by atoms with Gasteiger partial charge in [-0.05, 0) is 35.2 Å². The molecule has 0 fully saturated rings. The van der Waals surface area contributed by atoms with Crippen LogP contribution >= 0.6 is 11.3 Å². The molecule has 26 heavy (non-hydrogen) atoms. The monoisotopic (exact) mass is 366 g/mol. The molecule has 1 aromatic heterocycles. The summed E-state index contributed by atoms with van der Waals surface area (Å²) in [7, 11) is 0. The third-order valence-electron chi connectivity index (χ3n) is 3.88. The molecule has 0 aliphatic carbocycles. The van der Waals surface area contributed by atoms with Gasteiger partial charge in [0.2, 0.25) is 6.79 Å². The van der Waals surface area contributed by atoms with Crippen LogP contribution in [0.5, 0.6) is 11.5 Å². The predicted octanol–water partition coefficient (Wildman–Crippen LogP) is 3.22. The van der Waals surface area contributed by atoms with E-state index in [2.05, 4.69) is 10.9 Å². The molecule has 1 aliphatic rings. The molecule has 1 aliphatic heterocycles. The van der Waals surface area contributed by atoms with Gasteiger partial charge in [-0.2, -0.15) is 0 Å². The molecular formula is C19H14N2O4S. The zero-order valence-electron chi connectivity index (χ0n) is 13.5. The molecule has 2 heterocycles. The van der Waals surface area contributed by atoms with Gasteiger partial charge in [-0.1, -0.05) is 30.3 Å². The molecule has 0 radical (unpaired) electrons. The third-order valence-corrected chi connectivity index (χ3v) is 4.79. The number of benzene rings is 2. The first kappa shape index (κ1) is 16.2. The molecule has 130 valence electrons. The first-order chi connectivity index (χ1) is 12.7. The molecule has 0 spiro atoms. The SMILES string of the molecule is O=C(NNC(=O)c1sccc1-c1ccccc1)c1ccc2c(c1)OCO2. The number of amides is 2. The van der Waals surface area contributed by atoms with Crippen molar-refractivity contribution in [3.63, 3.8) is 0 Å². The maximum atomic E-state index is 12.5. The van der Waals surface area contributed by atoms with Gasteiger partial charge in [0.15, 0.2) is 11.5 Å². The first-order valence-corrected chi connectivity index (χ1v) is 8.73. The summed E-state index contributed by atoms with van der Waals surface area (Å²) in [5.41, 5.74) is 7.02. The zero-order valence-corrected chi connectivity index (χ0v) is 14.3. The van der Waals surface area contributed by atoms with Gasteiger partial charge in [-0.3, -0.25) is 20.4 Å². The number of hydrazine groups is 1. The zero-order chi connectivity index (χ0) is 17.9. The minimum Gasteiger partial charge on any atom is -0.454 e. The van der Waals surface area contributed by atoms with Crippen molar-refractivity contribution < 1.29 is 19.1 Å². The van der Waals surface area contributed by atoms with Crippen molar-refractivity contribution in [1.82, 2.24) is 10.9 Å². The fourth-order valence-electron chi connectivity index (χ4n) is 2.61. The van der Waals surface area contributed by atoms with Crippen LogP contribution in [0.3, 0.4) is 0 Å². The van der Waals surface area contributed by atoms with E-state index >= 15 is 0 Å². The quantitative estimate of drug-likeness (QED) is 0.698. The van der Waals surface area contributed by atoms with Gasteiger partial charge in [0.25, 0.3) is 11.8 Å². The minimum atomic E-state index is -0.436. The maximum Gasteiger partial charge on any atom is 0.280 e. The summed E-state index contributed by atoms with van der Waals surface area (Å²) in [6.07, 6.45) is 0. The molecule has 2 aromatic carbocycles. The van der Waals surface area contributed by atoms with Crippen LogP contribution in [0.2, 0.25) is 0 Å². The number of carbonyl (C=O) groups excluding carboxylic acids is 2. The van der Waals surface area contributed by atoms with Gasteiger partial charge in [0.05, 0.1) is 0 Å². The van der Waals surface area contributed by atoms with Crippen molar-refractivity contribution in [3.8, 4) is 22.6 Å². The maximum absolute atomic E-state index is 12.5. The van der Waals surface area contributed by atoms with Crippen LogP contribution in [0.4, 0.5) is 0 Å². The van der Waals surface area contributed by atoms with Crippen LogP contribution < -0.4 is 20.3 Å². The molecule has 0 saturated heterocycles. The summed E-state index contributed by atoms with van der Waals surface area (Å²) < 4.78 is 10.5. The second kappa shape index (κ2) is 6.89. The third kappa shape index (κ3) is 3.12. The Morgan fingerprint density at radius 2 is 1.65 bits per heavy atom. The van der Waals surface area contributed by atoms with E-state index in [1.165, 1.54) is 11.3 Å². The Morgan fingerprint density at radius 3 is 2.50 bits per heavy atom. The molecule has 0 unspecified atom stereocenters. The Kier molecular flexibility index (Phi) is 4.28. The average molecular weight is 366 g/mol. The highest BCUT2D eigenvalue weighted by atomic mass is 32.1. The number of carbonyl (C=O) groups is 2. The van der Waals surface area contributed by atoms with E-state index < -0.39 is 5.91 Å². The second-order valence-corrected chi connectivity index (χ2v) is 6.42. The summed E-state index contributed by atoms with van der Waals surface area (Å²) >= 11 is 1.32. The fraction of sp³-hybridized carbons (Fsp3) is 0.0526. The lowest BCUT2D eigenvalue weighted by molar-refractivity contribution is 0.0849. The largest absolute Gasteiger partial charge is 0.454 e. The van der Waals surface area contributed by atoms with Gasteiger partial charge in [0, 0.05) is 11.1 Å². The van der Waals surface area contributed by atoms with E-state index in [1.807, 2.05) is 41.8 Å². The molecule has 6 nitrogen and oxygen atoms in total. The van der Waals surface area contributed by atoms with Crippen molar-refractivity contribution in [1.29, 1.82) is 0 Å². The Hall–Kier alpha value is -3.32. The van der Waals surface area contributed by atoms with Crippen LogP contribution in [-0.4, -0.2) is 18.6 Å². The van der Waals surface area contributed by atoms with Crippen molar-refractivity contribution >= 4 is 23.2 Å². The number of fused-ring (bicyclic) bond motifs is 1.